The Morgan fingerprint density at radius 3 is 2.50 bits per heavy atom. The lowest BCUT2D eigenvalue weighted by Crippen LogP contribution is -2.57. The molecule has 0 unspecified atom stereocenters. The van der Waals surface area contributed by atoms with Crippen LogP contribution in [-0.4, -0.2) is 70.5 Å². The molecule has 9 heteroatoms. The Morgan fingerprint density at radius 1 is 1.15 bits per heavy atom. The number of nitrogens with one attached hydrogen (secondary N) is 2. The van der Waals surface area contributed by atoms with E-state index in [2.05, 4.69) is 39.0 Å². The smallest absolute Gasteiger partial charge is 0.253 e. The van der Waals surface area contributed by atoms with Crippen molar-refractivity contribution in [2.24, 2.45) is 7.05 Å². The van der Waals surface area contributed by atoms with Gasteiger partial charge in [-0.1, -0.05) is 6.92 Å². The number of anilines is 1. The lowest BCUT2D eigenvalue weighted by atomic mass is 9.86. The quantitative estimate of drug-likeness (QED) is 0.422. The third-order valence-corrected chi connectivity index (χ3v) is 9.11. The molecule has 2 aliphatic rings. The summed E-state index contributed by atoms with van der Waals surface area (Å²) in [6.45, 7) is 11.2. The molecular formula is C31H44N6O3. The van der Waals surface area contributed by atoms with Crippen LogP contribution in [0.3, 0.4) is 0 Å². The highest BCUT2D eigenvalue weighted by atomic mass is 16.5. The maximum absolute atomic E-state index is 13.7. The van der Waals surface area contributed by atoms with Crippen molar-refractivity contribution in [2.75, 3.05) is 31.6 Å². The van der Waals surface area contributed by atoms with Crippen molar-refractivity contribution in [3.05, 3.63) is 56.6 Å². The van der Waals surface area contributed by atoms with Crippen LogP contribution in [0.25, 0.3) is 10.9 Å². The third-order valence-electron chi connectivity index (χ3n) is 9.11. The van der Waals surface area contributed by atoms with Gasteiger partial charge in [0.15, 0.2) is 0 Å². The molecule has 5 rings (SSSR count). The van der Waals surface area contributed by atoms with Crippen LogP contribution >= 0.6 is 0 Å². The molecule has 1 amide bonds. The molecule has 0 bridgehead atoms. The van der Waals surface area contributed by atoms with Crippen molar-refractivity contribution in [1.29, 1.82) is 0 Å². The molecule has 3 heterocycles. The number of amides is 1. The van der Waals surface area contributed by atoms with E-state index < -0.39 is 0 Å². The van der Waals surface area contributed by atoms with E-state index in [9.17, 15) is 9.59 Å². The molecule has 2 fully saturated rings. The number of carbonyl (C=O) groups is 1. The molecule has 40 heavy (non-hydrogen) atoms. The fourth-order valence-electron chi connectivity index (χ4n) is 6.82. The molecule has 1 saturated carbocycles. The van der Waals surface area contributed by atoms with E-state index >= 15 is 0 Å². The maximum Gasteiger partial charge on any atom is 0.253 e. The number of likely N-dealkylation sites (tertiary alicyclic amines) is 1. The highest BCUT2D eigenvalue weighted by Crippen LogP contribution is 2.39. The lowest BCUT2D eigenvalue weighted by molar-refractivity contribution is -0.0578. The van der Waals surface area contributed by atoms with Crippen molar-refractivity contribution in [2.45, 2.75) is 84.5 Å². The predicted octanol–water partition coefficient (Wildman–Crippen LogP) is 3.84. The summed E-state index contributed by atoms with van der Waals surface area (Å²) in [5.74, 6) is -0.161. The van der Waals surface area contributed by atoms with Gasteiger partial charge in [0, 0.05) is 74.6 Å². The van der Waals surface area contributed by atoms with Crippen LogP contribution in [0.2, 0.25) is 0 Å². The second-order valence-electron chi connectivity index (χ2n) is 11.5. The van der Waals surface area contributed by atoms with Crippen LogP contribution in [0.1, 0.15) is 72.3 Å². The Labute approximate surface area is 236 Å². The number of fused-ring (bicyclic) bond motifs is 1. The van der Waals surface area contributed by atoms with Crippen LogP contribution in [0.15, 0.2) is 23.1 Å². The topological polar surface area (TPSA) is 95.5 Å². The number of hydrogen-bond acceptors (Lipinski definition) is 6. The number of aromatic nitrogens is 3. The van der Waals surface area contributed by atoms with Gasteiger partial charge < -0.3 is 19.9 Å². The van der Waals surface area contributed by atoms with Gasteiger partial charge in [0.05, 0.1) is 23.5 Å². The number of methoxy groups -OCH3 is 1. The molecule has 0 atom stereocenters. The van der Waals surface area contributed by atoms with E-state index in [0.717, 1.165) is 72.3 Å². The van der Waals surface area contributed by atoms with Crippen molar-refractivity contribution >= 4 is 22.5 Å². The van der Waals surface area contributed by atoms with E-state index in [1.54, 1.807) is 7.11 Å². The van der Waals surface area contributed by atoms with Gasteiger partial charge in [0.1, 0.15) is 0 Å². The first kappa shape index (κ1) is 28.4. The Bertz CT molecular complexity index is 1430. The third kappa shape index (κ3) is 5.29. The monoisotopic (exact) mass is 548 g/mol. The molecule has 2 aromatic heterocycles. The van der Waals surface area contributed by atoms with Gasteiger partial charge in [0.25, 0.3) is 11.5 Å². The van der Waals surface area contributed by atoms with Gasteiger partial charge in [-0.15, -0.1) is 0 Å². The zero-order valence-corrected chi connectivity index (χ0v) is 24.8. The van der Waals surface area contributed by atoms with Crippen LogP contribution in [-0.2, 0) is 24.8 Å². The summed E-state index contributed by atoms with van der Waals surface area (Å²) in [6, 6.07) is 4.95. The molecular weight excluding hydrogens is 504 g/mol. The van der Waals surface area contributed by atoms with Crippen molar-refractivity contribution in [3.63, 3.8) is 0 Å². The summed E-state index contributed by atoms with van der Waals surface area (Å²) in [7, 11) is 3.73. The van der Waals surface area contributed by atoms with Crippen LogP contribution in [0.5, 0.6) is 0 Å². The van der Waals surface area contributed by atoms with E-state index in [1.807, 2.05) is 43.9 Å². The van der Waals surface area contributed by atoms with E-state index in [1.165, 1.54) is 12.8 Å². The van der Waals surface area contributed by atoms with Crippen molar-refractivity contribution in [3.8, 4) is 0 Å². The first-order chi connectivity index (χ1) is 19.2. The normalized spacial score (nSPS) is 20.1. The molecule has 0 radical (unpaired) electrons. The number of pyridine rings is 1. The molecule has 9 nitrogen and oxygen atoms in total. The van der Waals surface area contributed by atoms with Gasteiger partial charge in [-0.05, 0) is 76.1 Å². The van der Waals surface area contributed by atoms with Gasteiger partial charge in [-0.2, -0.15) is 5.10 Å². The minimum Gasteiger partial charge on any atom is -0.379 e. The molecule has 2 N–H and O–H groups in total. The number of H-pyrrole nitrogens is 1. The van der Waals surface area contributed by atoms with Crippen molar-refractivity contribution in [1.82, 2.24) is 25.0 Å². The number of rotatable bonds is 9. The Hall–Kier alpha value is -3.17. The highest BCUT2D eigenvalue weighted by Gasteiger charge is 2.36. The van der Waals surface area contributed by atoms with Gasteiger partial charge in [0.2, 0.25) is 0 Å². The van der Waals surface area contributed by atoms with Crippen molar-refractivity contribution < 1.29 is 9.53 Å². The van der Waals surface area contributed by atoms with Crippen LogP contribution in [0, 0.1) is 13.8 Å². The molecule has 1 saturated heterocycles. The second-order valence-corrected chi connectivity index (χ2v) is 11.5. The van der Waals surface area contributed by atoms with E-state index in [0.29, 0.717) is 29.3 Å². The first-order valence-electron chi connectivity index (χ1n) is 14.7. The Balaban J connectivity index is 1.43. The second kappa shape index (κ2) is 11.7. The first-order valence-corrected chi connectivity index (χ1v) is 14.7. The SMILES string of the molecule is CCc1c(C(=O)NCc2c(C)cc(C)[nH]c2=O)cc2c(cnn2C)c1N(CC)C1CCC(N2CC(OC)C2)CC1. The number of ether oxygens (including phenoxy) is 1. The molecule has 1 aliphatic carbocycles. The molecule has 3 aromatic rings. The number of nitrogens with zero attached hydrogens (tertiary/aromatic N) is 4. The van der Waals surface area contributed by atoms with Gasteiger partial charge in [-0.3, -0.25) is 19.2 Å². The molecule has 0 spiro atoms. The van der Waals surface area contributed by atoms with Gasteiger partial charge >= 0.3 is 0 Å². The number of aromatic amines is 1. The zero-order chi connectivity index (χ0) is 28.6. The largest absolute Gasteiger partial charge is 0.379 e. The summed E-state index contributed by atoms with van der Waals surface area (Å²) in [4.78, 5) is 34.2. The van der Waals surface area contributed by atoms with E-state index in [4.69, 9.17) is 4.74 Å². The lowest BCUT2D eigenvalue weighted by Gasteiger charge is -2.47. The average Bonchev–Trinajstić information content (AvgIpc) is 3.28. The predicted molar refractivity (Wildman–Crippen MR) is 159 cm³/mol. The number of carbonyl (C=O) groups excluding carboxylic acids is 1. The van der Waals surface area contributed by atoms with Gasteiger partial charge in [-0.25, -0.2) is 0 Å². The minimum atomic E-state index is -0.161. The highest BCUT2D eigenvalue weighted by molar-refractivity contribution is 6.05. The maximum atomic E-state index is 13.7. The molecule has 216 valence electrons. The minimum absolute atomic E-state index is 0.153. The molecule has 1 aromatic carbocycles. The Morgan fingerprint density at radius 2 is 1.88 bits per heavy atom. The van der Waals surface area contributed by atoms with Crippen LogP contribution in [0.4, 0.5) is 5.69 Å². The number of benzene rings is 1. The van der Waals surface area contributed by atoms with Crippen LogP contribution < -0.4 is 15.8 Å². The summed E-state index contributed by atoms with van der Waals surface area (Å²) >= 11 is 0. The summed E-state index contributed by atoms with van der Waals surface area (Å²) in [6.07, 6.45) is 7.68. The fraction of sp³-hybridized carbons (Fsp3) is 0.581. The number of hydrogen-bond donors (Lipinski definition) is 2. The number of aryl methyl sites for hydroxylation is 3. The fourth-order valence-corrected chi connectivity index (χ4v) is 6.82. The average molecular weight is 549 g/mol. The molecule has 1 aliphatic heterocycles. The Kier molecular flexibility index (Phi) is 8.33. The van der Waals surface area contributed by atoms with E-state index in [-0.39, 0.29) is 18.0 Å². The summed E-state index contributed by atoms with van der Waals surface area (Å²) < 4.78 is 7.34. The standard InChI is InChI=1S/C31H44N6O3/c1-7-24-25(30(38)32-15-26-19(3)13-20(4)34-31(26)39)14-28-27(16-33-35(28)5)29(24)37(8-2)22-11-9-21(10-12-22)36-17-23(18-36)40-6/h13-14,16,21-23H,7-12,15,17-18H2,1-6H3,(H,32,38)(H,34,39). The summed E-state index contributed by atoms with van der Waals surface area (Å²) in [5.41, 5.74) is 5.91. The zero-order valence-electron chi connectivity index (χ0n) is 24.8. The summed E-state index contributed by atoms with van der Waals surface area (Å²) in [5, 5.41) is 8.72.